The van der Waals surface area contributed by atoms with E-state index in [-0.39, 0.29) is 16.9 Å². The number of aryl methyl sites for hydroxylation is 1. The number of aliphatic hydroxyl groups excluding tert-OH is 2. The molecule has 0 amide bonds. The number of hydrogen-bond acceptors (Lipinski definition) is 2. The average molecular weight is 278 g/mol. The molecule has 2 atom stereocenters. The van der Waals surface area contributed by atoms with Crippen LogP contribution in [0.5, 0.6) is 0 Å². The molecule has 114 valence electrons. The Balaban J connectivity index is 2.87. The van der Waals surface area contributed by atoms with Crippen molar-refractivity contribution in [1.29, 1.82) is 0 Å². The lowest BCUT2D eigenvalue weighted by Crippen LogP contribution is -2.26. The first kappa shape index (κ1) is 17.2. The largest absolute Gasteiger partial charge is 0.393 e. The fourth-order valence-electron chi connectivity index (χ4n) is 2.22. The van der Waals surface area contributed by atoms with E-state index in [0.717, 1.165) is 24.0 Å². The average Bonchev–Trinajstić information content (AvgIpc) is 2.33. The van der Waals surface area contributed by atoms with Crippen molar-refractivity contribution < 1.29 is 10.2 Å². The van der Waals surface area contributed by atoms with Crippen LogP contribution < -0.4 is 0 Å². The number of hydrogen-bond donors (Lipinski definition) is 2. The first-order chi connectivity index (χ1) is 9.03. The lowest BCUT2D eigenvalue weighted by Gasteiger charge is -2.29. The van der Waals surface area contributed by atoms with Gasteiger partial charge in [0.1, 0.15) is 0 Å². The van der Waals surface area contributed by atoms with Crippen LogP contribution in [0.4, 0.5) is 0 Å². The molecule has 0 aliphatic heterocycles. The summed E-state index contributed by atoms with van der Waals surface area (Å²) >= 11 is 0. The molecular weight excluding hydrogens is 248 g/mol. The molecule has 0 unspecified atom stereocenters. The van der Waals surface area contributed by atoms with Crippen LogP contribution in [0.15, 0.2) is 24.3 Å². The Kier molecular flexibility index (Phi) is 5.39. The Morgan fingerprint density at radius 2 is 1.45 bits per heavy atom. The van der Waals surface area contributed by atoms with Crippen LogP contribution in [-0.2, 0) is 6.42 Å². The maximum absolute atomic E-state index is 10.5. The van der Waals surface area contributed by atoms with Crippen molar-refractivity contribution in [3.63, 3.8) is 0 Å². The number of rotatable bonds is 4. The standard InChI is InChI=1S/C18H30O2/c1-17(2,3)15(19)12-11-13-9-7-8-10-14(13)16(20)18(4,5)6/h7-10,15-16,19-20H,11-12H2,1-6H3/t15-,16-/m0/s1. The van der Waals surface area contributed by atoms with E-state index in [1.54, 1.807) is 0 Å². The van der Waals surface area contributed by atoms with Gasteiger partial charge in [-0.15, -0.1) is 0 Å². The molecule has 2 nitrogen and oxygen atoms in total. The van der Waals surface area contributed by atoms with Gasteiger partial charge in [0.2, 0.25) is 0 Å². The van der Waals surface area contributed by atoms with Crippen molar-refractivity contribution in [1.82, 2.24) is 0 Å². The van der Waals surface area contributed by atoms with Crippen LogP contribution in [0.2, 0.25) is 0 Å². The van der Waals surface area contributed by atoms with Gasteiger partial charge in [0.15, 0.2) is 0 Å². The minimum absolute atomic E-state index is 0.0996. The zero-order chi connectivity index (χ0) is 15.6. The molecule has 1 aromatic carbocycles. The van der Waals surface area contributed by atoms with Crippen molar-refractivity contribution in [3.8, 4) is 0 Å². The molecule has 0 heterocycles. The topological polar surface area (TPSA) is 40.5 Å². The van der Waals surface area contributed by atoms with Gasteiger partial charge in [0.25, 0.3) is 0 Å². The smallest absolute Gasteiger partial charge is 0.0840 e. The van der Waals surface area contributed by atoms with Crippen molar-refractivity contribution in [2.75, 3.05) is 0 Å². The van der Waals surface area contributed by atoms with Crippen LogP contribution in [0, 0.1) is 10.8 Å². The minimum Gasteiger partial charge on any atom is -0.393 e. The van der Waals surface area contributed by atoms with E-state index in [1.165, 1.54) is 0 Å². The van der Waals surface area contributed by atoms with E-state index < -0.39 is 6.10 Å². The van der Waals surface area contributed by atoms with Gasteiger partial charge >= 0.3 is 0 Å². The molecule has 0 aliphatic carbocycles. The summed E-state index contributed by atoms with van der Waals surface area (Å²) in [6.45, 7) is 12.3. The van der Waals surface area contributed by atoms with Gasteiger partial charge in [-0.1, -0.05) is 65.8 Å². The third kappa shape index (κ3) is 4.60. The van der Waals surface area contributed by atoms with Gasteiger partial charge in [-0.25, -0.2) is 0 Å². The Morgan fingerprint density at radius 1 is 0.900 bits per heavy atom. The first-order valence-electron chi connectivity index (χ1n) is 7.47. The van der Waals surface area contributed by atoms with Gasteiger partial charge in [0, 0.05) is 0 Å². The summed E-state index contributed by atoms with van der Waals surface area (Å²) in [6, 6.07) is 8.01. The van der Waals surface area contributed by atoms with Gasteiger partial charge < -0.3 is 10.2 Å². The van der Waals surface area contributed by atoms with E-state index in [1.807, 2.05) is 59.7 Å². The molecule has 2 heteroatoms. The van der Waals surface area contributed by atoms with Crippen LogP contribution >= 0.6 is 0 Å². The van der Waals surface area contributed by atoms with Gasteiger partial charge in [-0.05, 0) is 34.8 Å². The minimum atomic E-state index is -0.481. The van der Waals surface area contributed by atoms with Crippen LogP contribution in [0.25, 0.3) is 0 Å². The normalized spacial score (nSPS) is 16.0. The summed E-state index contributed by atoms with van der Waals surface area (Å²) in [7, 11) is 0. The lowest BCUT2D eigenvalue weighted by atomic mass is 9.81. The van der Waals surface area contributed by atoms with E-state index in [0.29, 0.717) is 0 Å². The first-order valence-corrected chi connectivity index (χ1v) is 7.47. The highest BCUT2D eigenvalue weighted by Crippen LogP contribution is 2.35. The molecule has 1 rings (SSSR count). The second-order valence-electron chi connectivity index (χ2n) is 7.89. The SMILES string of the molecule is CC(C)(C)[C@@H](O)CCc1ccccc1[C@H](O)C(C)(C)C. The van der Waals surface area contributed by atoms with Gasteiger partial charge in [0.05, 0.1) is 12.2 Å². The highest BCUT2D eigenvalue weighted by molar-refractivity contribution is 5.30. The van der Waals surface area contributed by atoms with Crippen molar-refractivity contribution in [3.05, 3.63) is 35.4 Å². The molecule has 1 aromatic rings. The van der Waals surface area contributed by atoms with E-state index in [9.17, 15) is 10.2 Å². The maximum atomic E-state index is 10.5. The van der Waals surface area contributed by atoms with Crippen molar-refractivity contribution in [2.24, 2.45) is 10.8 Å². The molecular formula is C18H30O2. The maximum Gasteiger partial charge on any atom is 0.0840 e. The zero-order valence-corrected chi connectivity index (χ0v) is 13.8. The molecule has 0 saturated heterocycles. The summed E-state index contributed by atoms with van der Waals surface area (Å²) in [6.07, 6.45) is 0.701. The van der Waals surface area contributed by atoms with Crippen LogP contribution in [0.3, 0.4) is 0 Å². The molecule has 0 spiro atoms. The highest BCUT2D eigenvalue weighted by atomic mass is 16.3. The van der Waals surface area contributed by atoms with Gasteiger partial charge in [-0.2, -0.15) is 0 Å². The summed E-state index contributed by atoms with van der Waals surface area (Å²) in [5, 5.41) is 20.7. The highest BCUT2D eigenvalue weighted by Gasteiger charge is 2.26. The molecule has 20 heavy (non-hydrogen) atoms. The van der Waals surface area contributed by atoms with Crippen molar-refractivity contribution in [2.45, 2.75) is 66.6 Å². The predicted octanol–water partition coefficient (Wildman–Crippen LogP) is 4.11. The summed E-state index contributed by atoms with van der Waals surface area (Å²) in [5.74, 6) is 0. The van der Waals surface area contributed by atoms with Gasteiger partial charge in [-0.3, -0.25) is 0 Å². The van der Waals surface area contributed by atoms with E-state index >= 15 is 0 Å². The summed E-state index contributed by atoms with van der Waals surface area (Å²) < 4.78 is 0. The molecule has 0 aromatic heterocycles. The molecule has 0 radical (unpaired) electrons. The third-order valence-electron chi connectivity index (χ3n) is 3.86. The number of aliphatic hydroxyl groups is 2. The Hall–Kier alpha value is -0.860. The third-order valence-corrected chi connectivity index (χ3v) is 3.86. The zero-order valence-electron chi connectivity index (χ0n) is 13.8. The lowest BCUT2D eigenvalue weighted by molar-refractivity contribution is 0.0532. The Morgan fingerprint density at radius 3 is 1.95 bits per heavy atom. The van der Waals surface area contributed by atoms with Crippen molar-refractivity contribution >= 4 is 0 Å². The quantitative estimate of drug-likeness (QED) is 0.870. The predicted molar refractivity (Wildman–Crippen MR) is 84.6 cm³/mol. The second kappa shape index (κ2) is 6.28. The van der Waals surface area contributed by atoms with E-state index in [4.69, 9.17) is 0 Å². The fraction of sp³-hybridized carbons (Fsp3) is 0.667. The Labute approximate surface area is 123 Å². The number of benzene rings is 1. The second-order valence-corrected chi connectivity index (χ2v) is 7.89. The molecule has 0 saturated carbocycles. The Bertz CT molecular complexity index is 424. The molecule has 0 bridgehead atoms. The van der Waals surface area contributed by atoms with Crippen LogP contribution in [0.1, 0.15) is 65.2 Å². The fourth-order valence-corrected chi connectivity index (χ4v) is 2.22. The van der Waals surface area contributed by atoms with E-state index in [2.05, 4.69) is 6.07 Å². The summed E-state index contributed by atoms with van der Waals surface area (Å²) in [5.41, 5.74) is 1.84. The summed E-state index contributed by atoms with van der Waals surface area (Å²) in [4.78, 5) is 0. The van der Waals surface area contributed by atoms with Crippen LogP contribution in [-0.4, -0.2) is 16.3 Å². The molecule has 2 N–H and O–H groups in total. The molecule has 0 fully saturated rings. The molecule has 0 aliphatic rings. The monoisotopic (exact) mass is 278 g/mol.